The standard InChI is InChI=1S/C11H23NO2/c1-3-4-5-6-7-8-10(12)9-11(13)14-2/h10H,3-9,12H2,1-2H3/t10-/m1/s1. The summed E-state index contributed by atoms with van der Waals surface area (Å²) >= 11 is 0. The number of nitrogens with two attached hydrogens (primary N) is 1. The van der Waals surface area contributed by atoms with Crippen LogP contribution in [0.25, 0.3) is 0 Å². The Morgan fingerprint density at radius 2 is 1.93 bits per heavy atom. The number of hydrogen-bond donors (Lipinski definition) is 1. The Hall–Kier alpha value is -0.570. The van der Waals surface area contributed by atoms with Gasteiger partial charge in [-0.05, 0) is 6.42 Å². The molecule has 14 heavy (non-hydrogen) atoms. The number of esters is 1. The summed E-state index contributed by atoms with van der Waals surface area (Å²) in [5, 5.41) is 0. The molecule has 0 fully saturated rings. The highest BCUT2D eigenvalue weighted by Gasteiger charge is 2.08. The van der Waals surface area contributed by atoms with Gasteiger partial charge in [0.1, 0.15) is 0 Å². The predicted molar refractivity (Wildman–Crippen MR) is 58.0 cm³/mol. The highest BCUT2D eigenvalue weighted by molar-refractivity contribution is 5.69. The van der Waals surface area contributed by atoms with Crippen LogP contribution in [0.5, 0.6) is 0 Å². The maximum atomic E-state index is 10.9. The van der Waals surface area contributed by atoms with E-state index in [1.54, 1.807) is 0 Å². The Morgan fingerprint density at radius 1 is 1.29 bits per heavy atom. The lowest BCUT2D eigenvalue weighted by Crippen LogP contribution is -2.24. The summed E-state index contributed by atoms with van der Waals surface area (Å²) in [5.41, 5.74) is 5.76. The molecule has 0 aromatic rings. The van der Waals surface area contributed by atoms with E-state index in [1.165, 1.54) is 32.8 Å². The Balaban J connectivity index is 3.26. The van der Waals surface area contributed by atoms with Crippen LogP contribution in [0, 0.1) is 0 Å². The van der Waals surface area contributed by atoms with Gasteiger partial charge in [-0.3, -0.25) is 4.79 Å². The van der Waals surface area contributed by atoms with Crippen LogP contribution in [-0.4, -0.2) is 19.1 Å². The molecule has 0 aliphatic carbocycles. The van der Waals surface area contributed by atoms with Crippen molar-refractivity contribution in [1.29, 1.82) is 0 Å². The molecule has 84 valence electrons. The average Bonchev–Trinajstić information content (AvgIpc) is 2.17. The lowest BCUT2D eigenvalue weighted by Gasteiger charge is -2.09. The van der Waals surface area contributed by atoms with E-state index in [0.29, 0.717) is 6.42 Å². The Morgan fingerprint density at radius 3 is 2.50 bits per heavy atom. The van der Waals surface area contributed by atoms with Crippen molar-refractivity contribution in [3.05, 3.63) is 0 Å². The highest BCUT2D eigenvalue weighted by atomic mass is 16.5. The van der Waals surface area contributed by atoms with Crippen molar-refractivity contribution < 1.29 is 9.53 Å². The molecule has 0 rings (SSSR count). The topological polar surface area (TPSA) is 52.3 Å². The maximum absolute atomic E-state index is 10.9. The van der Waals surface area contributed by atoms with Crippen LogP contribution in [0.1, 0.15) is 51.9 Å². The second-order valence-corrected chi connectivity index (χ2v) is 3.74. The van der Waals surface area contributed by atoms with Gasteiger partial charge in [0.25, 0.3) is 0 Å². The molecule has 0 spiro atoms. The second kappa shape index (κ2) is 9.00. The molecule has 0 bridgehead atoms. The van der Waals surface area contributed by atoms with E-state index < -0.39 is 0 Å². The largest absolute Gasteiger partial charge is 0.469 e. The number of unbranched alkanes of at least 4 members (excludes halogenated alkanes) is 4. The Labute approximate surface area is 87.0 Å². The van der Waals surface area contributed by atoms with E-state index in [9.17, 15) is 4.79 Å². The summed E-state index contributed by atoms with van der Waals surface area (Å²) < 4.78 is 4.55. The first-order chi connectivity index (χ1) is 6.70. The monoisotopic (exact) mass is 201 g/mol. The third kappa shape index (κ3) is 8.05. The number of carbonyl (C=O) groups is 1. The van der Waals surface area contributed by atoms with Crippen LogP contribution in [0.2, 0.25) is 0 Å². The predicted octanol–water partition coefficient (Wildman–Crippen LogP) is 2.24. The minimum Gasteiger partial charge on any atom is -0.469 e. The number of ether oxygens (including phenoxy) is 1. The van der Waals surface area contributed by atoms with Gasteiger partial charge in [-0.25, -0.2) is 0 Å². The molecule has 2 N–H and O–H groups in total. The van der Waals surface area contributed by atoms with Crippen molar-refractivity contribution in [2.75, 3.05) is 7.11 Å². The number of rotatable bonds is 8. The third-order valence-corrected chi connectivity index (χ3v) is 2.33. The summed E-state index contributed by atoms with van der Waals surface area (Å²) in [6.45, 7) is 2.20. The fraction of sp³-hybridized carbons (Fsp3) is 0.909. The van der Waals surface area contributed by atoms with E-state index in [1.807, 2.05) is 0 Å². The summed E-state index contributed by atoms with van der Waals surface area (Å²) in [5.74, 6) is -0.203. The molecule has 1 atom stereocenters. The number of methoxy groups -OCH3 is 1. The molecule has 3 heteroatoms. The Kier molecular flexibility index (Phi) is 8.64. The molecule has 0 aromatic carbocycles. The zero-order valence-corrected chi connectivity index (χ0v) is 9.42. The van der Waals surface area contributed by atoms with Crippen LogP contribution >= 0.6 is 0 Å². The van der Waals surface area contributed by atoms with Crippen molar-refractivity contribution >= 4 is 5.97 Å². The smallest absolute Gasteiger partial charge is 0.307 e. The molecule has 0 aliphatic heterocycles. The lowest BCUT2D eigenvalue weighted by atomic mass is 10.1. The summed E-state index contributed by atoms with van der Waals surface area (Å²) in [4.78, 5) is 10.9. The normalized spacial score (nSPS) is 12.5. The van der Waals surface area contributed by atoms with Gasteiger partial charge in [-0.15, -0.1) is 0 Å². The summed E-state index contributed by atoms with van der Waals surface area (Å²) in [6.07, 6.45) is 7.46. The molecule has 3 nitrogen and oxygen atoms in total. The van der Waals surface area contributed by atoms with Crippen LogP contribution in [0.15, 0.2) is 0 Å². The van der Waals surface area contributed by atoms with Gasteiger partial charge in [0.2, 0.25) is 0 Å². The minimum absolute atomic E-state index is 0.0240. The van der Waals surface area contributed by atoms with E-state index in [2.05, 4.69) is 11.7 Å². The van der Waals surface area contributed by atoms with Gasteiger partial charge in [0, 0.05) is 6.04 Å². The van der Waals surface area contributed by atoms with Crippen LogP contribution in [0.3, 0.4) is 0 Å². The van der Waals surface area contributed by atoms with E-state index in [0.717, 1.165) is 12.8 Å². The molecule has 0 unspecified atom stereocenters. The molecular weight excluding hydrogens is 178 g/mol. The third-order valence-electron chi connectivity index (χ3n) is 2.33. The number of hydrogen-bond acceptors (Lipinski definition) is 3. The first-order valence-corrected chi connectivity index (χ1v) is 5.53. The van der Waals surface area contributed by atoms with Crippen LogP contribution in [0.4, 0.5) is 0 Å². The second-order valence-electron chi connectivity index (χ2n) is 3.74. The fourth-order valence-electron chi connectivity index (χ4n) is 1.41. The quantitative estimate of drug-likeness (QED) is 0.484. The van der Waals surface area contributed by atoms with Crippen LogP contribution in [-0.2, 0) is 9.53 Å². The molecule has 0 radical (unpaired) electrons. The van der Waals surface area contributed by atoms with Crippen molar-refractivity contribution in [1.82, 2.24) is 0 Å². The lowest BCUT2D eigenvalue weighted by molar-refractivity contribution is -0.141. The molecular formula is C11H23NO2. The molecule has 0 heterocycles. The van der Waals surface area contributed by atoms with Gasteiger partial charge in [0.15, 0.2) is 0 Å². The zero-order chi connectivity index (χ0) is 10.8. The van der Waals surface area contributed by atoms with E-state index in [4.69, 9.17) is 5.73 Å². The van der Waals surface area contributed by atoms with Crippen LogP contribution < -0.4 is 5.73 Å². The SMILES string of the molecule is CCCCCCC[C@@H](N)CC(=O)OC. The minimum atomic E-state index is -0.203. The van der Waals surface area contributed by atoms with Gasteiger partial charge in [-0.2, -0.15) is 0 Å². The maximum Gasteiger partial charge on any atom is 0.307 e. The van der Waals surface area contributed by atoms with Gasteiger partial charge < -0.3 is 10.5 Å². The number of carbonyl (C=O) groups excluding carboxylic acids is 1. The first kappa shape index (κ1) is 13.4. The summed E-state index contributed by atoms with van der Waals surface area (Å²) in [6, 6.07) is -0.0240. The van der Waals surface area contributed by atoms with E-state index >= 15 is 0 Å². The highest BCUT2D eigenvalue weighted by Crippen LogP contribution is 2.08. The molecule has 0 aromatic heterocycles. The zero-order valence-electron chi connectivity index (χ0n) is 9.42. The van der Waals surface area contributed by atoms with Gasteiger partial charge in [0.05, 0.1) is 13.5 Å². The van der Waals surface area contributed by atoms with E-state index in [-0.39, 0.29) is 12.0 Å². The molecule has 0 saturated heterocycles. The van der Waals surface area contributed by atoms with Crippen molar-refractivity contribution in [2.24, 2.45) is 5.73 Å². The van der Waals surface area contributed by atoms with Crippen molar-refractivity contribution in [3.63, 3.8) is 0 Å². The van der Waals surface area contributed by atoms with Crippen molar-refractivity contribution in [2.45, 2.75) is 57.9 Å². The first-order valence-electron chi connectivity index (χ1n) is 5.53. The molecule has 0 aliphatic rings. The van der Waals surface area contributed by atoms with Gasteiger partial charge >= 0.3 is 5.97 Å². The Bertz CT molecular complexity index is 148. The summed E-state index contributed by atoms with van der Waals surface area (Å²) in [7, 11) is 1.40. The molecule has 0 amide bonds. The van der Waals surface area contributed by atoms with Crippen molar-refractivity contribution in [3.8, 4) is 0 Å². The van der Waals surface area contributed by atoms with Gasteiger partial charge in [-0.1, -0.05) is 39.0 Å². The fourth-order valence-corrected chi connectivity index (χ4v) is 1.41. The average molecular weight is 201 g/mol. The molecule has 0 saturated carbocycles.